The van der Waals surface area contributed by atoms with Gasteiger partial charge in [0, 0.05) is 5.54 Å². The third kappa shape index (κ3) is 4.39. The van der Waals surface area contributed by atoms with Crippen LogP contribution in [0.5, 0.6) is 5.75 Å². The Labute approximate surface area is 127 Å². The number of ether oxygens (including phenoxy) is 1. The van der Waals surface area contributed by atoms with Gasteiger partial charge in [0.15, 0.2) is 6.61 Å². The Hall–Kier alpha value is -1.72. The molecule has 1 aromatic carbocycles. The molecule has 1 aliphatic carbocycles. The number of amides is 1. The van der Waals surface area contributed by atoms with Gasteiger partial charge in [-0.2, -0.15) is 13.2 Å². The third-order valence-corrected chi connectivity index (χ3v) is 3.95. The molecule has 0 atom stereocenters. The van der Waals surface area contributed by atoms with Crippen molar-refractivity contribution in [2.75, 3.05) is 6.61 Å². The van der Waals surface area contributed by atoms with E-state index in [0.717, 1.165) is 38.2 Å². The summed E-state index contributed by atoms with van der Waals surface area (Å²) >= 11 is 0. The van der Waals surface area contributed by atoms with E-state index in [2.05, 4.69) is 5.32 Å². The summed E-state index contributed by atoms with van der Waals surface area (Å²) in [6, 6.07) is 4.90. The average Bonchev–Trinajstić information content (AvgIpc) is 2.45. The van der Waals surface area contributed by atoms with Crippen molar-refractivity contribution in [2.24, 2.45) is 0 Å². The number of carbonyl (C=O) groups is 1. The quantitative estimate of drug-likeness (QED) is 0.914. The van der Waals surface area contributed by atoms with Crippen LogP contribution in [0.1, 0.15) is 44.6 Å². The Balaban J connectivity index is 1.94. The van der Waals surface area contributed by atoms with Crippen molar-refractivity contribution in [2.45, 2.75) is 50.7 Å². The largest absolute Gasteiger partial charge is 0.483 e. The highest BCUT2D eigenvalue weighted by Gasteiger charge is 2.34. The summed E-state index contributed by atoms with van der Waals surface area (Å²) in [5.74, 6) is -0.708. The first-order valence-corrected chi connectivity index (χ1v) is 7.40. The number of halogens is 3. The Morgan fingerprint density at radius 1 is 1.23 bits per heavy atom. The topological polar surface area (TPSA) is 38.3 Å². The minimum absolute atomic E-state index is 0.276. The molecule has 0 aliphatic heterocycles. The van der Waals surface area contributed by atoms with Gasteiger partial charge in [0.1, 0.15) is 5.75 Å². The van der Waals surface area contributed by atoms with Crippen molar-refractivity contribution in [3.8, 4) is 5.75 Å². The number of carbonyl (C=O) groups excluding carboxylic acids is 1. The zero-order chi connectivity index (χ0) is 16.2. The molecule has 22 heavy (non-hydrogen) atoms. The molecule has 122 valence electrons. The van der Waals surface area contributed by atoms with Crippen molar-refractivity contribution in [3.05, 3.63) is 29.8 Å². The number of hydrogen-bond donors (Lipinski definition) is 1. The highest BCUT2D eigenvalue weighted by Crippen LogP contribution is 2.35. The van der Waals surface area contributed by atoms with Gasteiger partial charge in [-0.3, -0.25) is 4.79 Å². The molecular formula is C16H20F3NO2. The van der Waals surface area contributed by atoms with Gasteiger partial charge in [-0.25, -0.2) is 0 Å². The zero-order valence-corrected chi connectivity index (χ0v) is 12.5. The highest BCUT2D eigenvalue weighted by molar-refractivity contribution is 5.78. The second kappa shape index (κ2) is 6.58. The normalized spacial score (nSPS) is 17.8. The molecule has 2 rings (SSSR count). The summed E-state index contributed by atoms with van der Waals surface area (Å²) in [5, 5.41) is 2.88. The lowest BCUT2D eigenvalue weighted by atomic mass is 9.83. The van der Waals surface area contributed by atoms with Crippen LogP contribution in [0.3, 0.4) is 0 Å². The van der Waals surface area contributed by atoms with E-state index in [1.165, 1.54) is 18.2 Å². The fourth-order valence-electron chi connectivity index (χ4n) is 2.80. The van der Waals surface area contributed by atoms with Crippen molar-refractivity contribution in [1.29, 1.82) is 0 Å². The Bertz CT molecular complexity index is 522. The second-order valence-corrected chi connectivity index (χ2v) is 5.95. The monoisotopic (exact) mass is 315 g/mol. The molecule has 0 heterocycles. The van der Waals surface area contributed by atoms with Crippen LogP contribution in [-0.4, -0.2) is 18.1 Å². The van der Waals surface area contributed by atoms with Crippen LogP contribution >= 0.6 is 0 Å². The lowest BCUT2D eigenvalue weighted by Gasteiger charge is -2.34. The van der Waals surface area contributed by atoms with Gasteiger partial charge in [-0.05, 0) is 31.9 Å². The number of alkyl halides is 3. The Kier molecular flexibility index (Phi) is 4.98. The van der Waals surface area contributed by atoms with E-state index in [-0.39, 0.29) is 17.2 Å². The summed E-state index contributed by atoms with van der Waals surface area (Å²) in [7, 11) is 0. The predicted molar refractivity (Wildman–Crippen MR) is 76.6 cm³/mol. The van der Waals surface area contributed by atoms with E-state index in [0.29, 0.717) is 0 Å². The van der Waals surface area contributed by atoms with Crippen molar-refractivity contribution >= 4 is 5.91 Å². The van der Waals surface area contributed by atoms with Crippen LogP contribution < -0.4 is 10.1 Å². The Morgan fingerprint density at radius 3 is 2.50 bits per heavy atom. The number of hydrogen-bond acceptors (Lipinski definition) is 2. The molecule has 6 heteroatoms. The molecule has 3 nitrogen and oxygen atoms in total. The lowest BCUT2D eigenvalue weighted by Crippen LogP contribution is -2.48. The standard InChI is InChI=1S/C16H20F3NO2/c1-15(9-5-2-6-10-15)20-14(21)11-22-13-8-4-3-7-12(13)16(17,18)19/h3-4,7-8H,2,5-6,9-11H2,1H3,(H,20,21). The summed E-state index contributed by atoms with van der Waals surface area (Å²) in [6.45, 7) is 1.55. The van der Waals surface area contributed by atoms with Gasteiger partial charge in [0.2, 0.25) is 0 Å². The smallest absolute Gasteiger partial charge is 0.419 e. The van der Waals surface area contributed by atoms with E-state index in [4.69, 9.17) is 4.74 Å². The molecule has 0 bridgehead atoms. The number of para-hydroxylation sites is 1. The molecule has 1 fully saturated rings. The summed E-state index contributed by atoms with van der Waals surface area (Å²) in [4.78, 5) is 11.9. The van der Waals surface area contributed by atoms with Gasteiger partial charge >= 0.3 is 6.18 Å². The fourth-order valence-corrected chi connectivity index (χ4v) is 2.80. The van der Waals surface area contributed by atoms with Gasteiger partial charge < -0.3 is 10.1 Å². The van der Waals surface area contributed by atoms with Gasteiger partial charge in [0.05, 0.1) is 5.56 Å². The van der Waals surface area contributed by atoms with Crippen LogP contribution in [0, 0.1) is 0 Å². The molecular weight excluding hydrogens is 295 g/mol. The maximum atomic E-state index is 12.8. The summed E-state index contributed by atoms with van der Waals surface area (Å²) in [6.07, 6.45) is 0.530. The average molecular weight is 315 g/mol. The van der Waals surface area contributed by atoms with Crippen LogP contribution in [0.2, 0.25) is 0 Å². The second-order valence-electron chi connectivity index (χ2n) is 5.95. The lowest BCUT2D eigenvalue weighted by molar-refractivity contribution is -0.139. The van der Waals surface area contributed by atoms with E-state index >= 15 is 0 Å². The summed E-state index contributed by atoms with van der Waals surface area (Å²) < 4.78 is 43.6. The molecule has 1 N–H and O–H groups in total. The molecule has 1 saturated carbocycles. The molecule has 0 unspecified atom stereocenters. The fraction of sp³-hybridized carbons (Fsp3) is 0.562. The molecule has 1 aromatic rings. The zero-order valence-electron chi connectivity index (χ0n) is 12.5. The first kappa shape index (κ1) is 16.6. The first-order chi connectivity index (χ1) is 10.3. The van der Waals surface area contributed by atoms with Gasteiger partial charge in [-0.1, -0.05) is 31.4 Å². The van der Waals surface area contributed by atoms with Crippen LogP contribution in [0.25, 0.3) is 0 Å². The maximum absolute atomic E-state index is 12.8. The molecule has 1 aliphatic rings. The van der Waals surface area contributed by atoms with E-state index in [1.807, 2.05) is 6.92 Å². The van der Waals surface area contributed by atoms with Gasteiger partial charge in [-0.15, -0.1) is 0 Å². The molecule has 0 radical (unpaired) electrons. The van der Waals surface area contributed by atoms with Crippen molar-refractivity contribution in [3.63, 3.8) is 0 Å². The number of rotatable bonds is 4. The van der Waals surface area contributed by atoms with Crippen molar-refractivity contribution in [1.82, 2.24) is 5.32 Å². The van der Waals surface area contributed by atoms with Crippen LogP contribution in [0.4, 0.5) is 13.2 Å². The van der Waals surface area contributed by atoms with E-state index < -0.39 is 18.3 Å². The SMILES string of the molecule is CC1(NC(=O)COc2ccccc2C(F)(F)F)CCCCC1. The van der Waals surface area contributed by atoms with E-state index in [1.54, 1.807) is 0 Å². The molecule has 0 saturated heterocycles. The molecule has 1 amide bonds. The van der Waals surface area contributed by atoms with Crippen LogP contribution in [0.15, 0.2) is 24.3 Å². The van der Waals surface area contributed by atoms with Gasteiger partial charge in [0.25, 0.3) is 5.91 Å². The maximum Gasteiger partial charge on any atom is 0.419 e. The minimum atomic E-state index is -4.50. The van der Waals surface area contributed by atoms with Crippen molar-refractivity contribution < 1.29 is 22.7 Å². The Morgan fingerprint density at radius 2 is 1.86 bits per heavy atom. The predicted octanol–water partition coefficient (Wildman–Crippen LogP) is 3.92. The number of nitrogens with one attached hydrogen (secondary N) is 1. The summed E-state index contributed by atoms with van der Waals surface area (Å²) in [5.41, 5.74) is -1.14. The minimum Gasteiger partial charge on any atom is -0.483 e. The van der Waals surface area contributed by atoms with Crippen LogP contribution in [-0.2, 0) is 11.0 Å². The third-order valence-electron chi connectivity index (χ3n) is 3.95. The highest BCUT2D eigenvalue weighted by atomic mass is 19.4. The first-order valence-electron chi connectivity index (χ1n) is 7.40. The number of benzene rings is 1. The molecule has 0 aromatic heterocycles. The van der Waals surface area contributed by atoms with E-state index in [9.17, 15) is 18.0 Å². The molecule has 0 spiro atoms.